The van der Waals surface area contributed by atoms with Crippen LogP contribution < -0.4 is 0 Å². The van der Waals surface area contributed by atoms with Crippen molar-refractivity contribution in [1.82, 2.24) is 0 Å². The summed E-state index contributed by atoms with van der Waals surface area (Å²) in [6, 6.07) is 5.94. The van der Waals surface area contributed by atoms with Gasteiger partial charge in [0.1, 0.15) is 0 Å². The molecule has 0 atom stereocenters. The third-order valence-corrected chi connectivity index (χ3v) is 3.05. The molecule has 0 aliphatic heterocycles. The number of ketones is 2. The van der Waals surface area contributed by atoms with E-state index in [0.29, 0.717) is 33.3 Å². The molecule has 3 rings (SSSR count). The van der Waals surface area contributed by atoms with Crippen molar-refractivity contribution in [3.63, 3.8) is 0 Å². The molecule has 0 fully saturated rings. The first-order valence-corrected chi connectivity index (χ1v) is 5.12. The van der Waals surface area contributed by atoms with Gasteiger partial charge in [-0.2, -0.15) is 0 Å². The average Bonchev–Trinajstić information content (AvgIpc) is 2.66. The first-order chi connectivity index (χ1) is 8.69. The van der Waals surface area contributed by atoms with Gasteiger partial charge < -0.3 is 0 Å². The van der Waals surface area contributed by atoms with Crippen LogP contribution in [-0.2, 0) is 0 Å². The molecule has 0 heterocycles. The van der Waals surface area contributed by atoms with E-state index in [1.165, 1.54) is 24.3 Å². The highest BCUT2D eigenvalue weighted by atomic mass is 16.2. The van der Waals surface area contributed by atoms with Crippen molar-refractivity contribution in [3.05, 3.63) is 58.2 Å². The molecule has 1 aliphatic rings. The fourth-order valence-electron chi connectivity index (χ4n) is 2.27. The Labute approximate surface area is 102 Å². The number of hydrogen-bond donors (Lipinski definition) is 0. The van der Waals surface area contributed by atoms with Gasteiger partial charge in [0, 0.05) is 11.1 Å². The maximum Gasteiger partial charge on any atom is 0.234 e. The standard InChI is InChI=1S/C14H4N2O2/c1-15-9-5-3-7-11-8(14(18)13(7)17)4-6-10(16-2)12(9)11/h3-6H. The van der Waals surface area contributed by atoms with Crippen molar-refractivity contribution in [2.24, 2.45) is 0 Å². The molecule has 18 heavy (non-hydrogen) atoms. The molecule has 82 valence electrons. The normalized spacial score (nSPS) is 12.6. The fraction of sp³-hybridized carbons (Fsp3) is 0. The van der Waals surface area contributed by atoms with Gasteiger partial charge in [0.15, 0.2) is 11.4 Å². The molecule has 0 bridgehead atoms. The zero-order chi connectivity index (χ0) is 12.9. The Morgan fingerprint density at radius 1 is 0.722 bits per heavy atom. The zero-order valence-corrected chi connectivity index (χ0v) is 9.02. The van der Waals surface area contributed by atoms with Crippen LogP contribution in [0.4, 0.5) is 11.4 Å². The van der Waals surface area contributed by atoms with Gasteiger partial charge in [-0.1, -0.05) is 24.3 Å². The molecule has 0 unspecified atom stereocenters. The molecule has 1 aliphatic carbocycles. The summed E-state index contributed by atoms with van der Waals surface area (Å²) in [6.07, 6.45) is 0. The number of Topliss-reactive ketones (excluding diaryl/α,β-unsaturated/α-hetero) is 2. The highest BCUT2D eigenvalue weighted by Crippen LogP contribution is 2.41. The fourth-order valence-corrected chi connectivity index (χ4v) is 2.27. The van der Waals surface area contributed by atoms with E-state index in [4.69, 9.17) is 13.1 Å². The molecule has 0 amide bonds. The van der Waals surface area contributed by atoms with Crippen LogP contribution in [0.15, 0.2) is 24.3 Å². The molecule has 0 saturated carbocycles. The van der Waals surface area contributed by atoms with Crippen LogP contribution in [0.5, 0.6) is 0 Å². The largest absolute Gasteiger partial charge is 0.285 e. The van der Waals surface area contributed by atoms with Gasteiger partial charge in [-0.3, -0.25) is 9.59 Å². The Morgan fingerprint density at radius 2 is 1.17 bits per heavy atom. The van der Waals surface area contributed by atoms with Crippen molar-refractivity contribution in [3.8, 4) is 0 Å². The van der Waals surface area contributed by atoms with Crippen LogP contribution in [-0.4, -0.2) is 11.6 Å². The number of nitrogens with zero attached hydrogens (tertiary/aromatic N) is 2. The molecule has 0 spiro atoms. The monoisotopic (exact) mass is 232 g/mol. The van der Waals surface area contributed by atoms with Crippen LogP contribution in [0.1, 0.15) is 20.7 Å². The van der Waals surface area contributed by atoms with E-state index in [2.05, 4.69) is 9.69 Å². The SMILES string of the molecule is [C-]#[N+]c1ccc2c3c(ccc([N+]#[C-])c13)C(=O)C2=O. The summed E-state index contributed by atoms with van der Waals surface area (Å²) in [5.41, 5.74) is 1.18. The van der Waals surface area contributed by atoms with Crippen molar-refractivity contribution < 1.29 is 9.59 Å². The minimum atomic E-state index is -0.561. The summed E-state index contributed by atoms with van der Waals surface area (Å²) in [6.45, 7) is 14.2. The second-order valence-corrected chi connectivity index (χ2v) is 3.90. The highest BCUT2D eigenvalue weighted by molar-refractivity contribution is 6.57. The molecule has 0 radical (unpaired) electrons. The molecule has 0 saturated heterocycles. The molecule has 4 heteroatoms. The zero-order valence-electron chi connectivity index (χ0n) is 9.02. The van der Waals surface area contributed by atoms with E-state index in [0.717, 1.165) is 0 Å². The van der Waals surface area contributed by atoms with Gasteiger partial charge in [-0.15, -0.1) is 0 Å². The van der Waals surface area contributed by atoms with Crippen molar-refractivity contribution in [1.29, 1.82) is 0 Å². The van der Waals surface area contributed by atoms with Crippen molar-refractivity contribution >= 4 is 33.7 Å². The van der Waals surface area contributed by atoms with Gasteiger partial charge in [-0.25, -0.2) is 9.69 Å². The average molecular weight is 232 g/mol. The lowest BCUT2D eigenvalue weighted by Crippen LogP contribution is -2.05. The summed E-state index contributed by atoms with van der Waals surface area (Å²) in [5, 5.41) is 0.862. The highest BCUT2D eigenvalue weighted by Gasteiger charge is 2.31. The summed E-state index contributed by atoms with van der Waals surface area (Å²) >= 11 is 0. The molecule has 0 N–H and O–H groups in total. The molecular weight excluding hydrogens is 228 g/mol. The Kier molecular flexibility index (Phi) is 1.84. The Bertz CT molecular complexity index is 769. The lowest BCUT2D eigenvalue weighted by molar-refractivity contribution is 0.0825. The third-order valence-electron chi connectivity index (χ3n) is 3.05. The van der Waals surface area contributed by atoms with Crippen molar-refractivity contribution in [2.75, 3.05) is 0 Å². The minimum absolute atomic E-state index is 0.294. The first kappa shape index (κ1) is 10.2. The minimum Gasteiger partial charge on any atom is -0.285 e. The smallest absolute Gasteiger partial charge is 0.234 e. The Morgan fingerprint density at radius 3 is 1.56 bits per heavy atom. The van der Waals surface area contributed by atoms with Gasteiger partial charge in [0.05, 0.1) is 13.1 Å². The van der Waals surface area contributed by atoms with E-state index in [-0.39, 0.29) is 0 Å². The van der Waals surface area contributed by atoms with Gasteiger partial charge >= 0.3 is 0 Å². The van der Waals surface area contributed by atoms with Crippen LogP contribution in [0.25, 0.3) is 20.5 Å². The number of carbonyl (C=O) groups is 2. The summed E-state index contributed by atoms with van der Waals surface area (Å²) < 4.78 is 0. The Hall–Kier alpha value is -2.98. The number of carbonyl (C=O) groups excluding carboxylic acids is 2. The number of rotatable bonds is 0. The molecule has 2 aromatic rings. The first-order valence-electron chi connectivity index (χ1n) is 5.12. The van der Waals surface area contributed by atoms with E-state index in [1.807, 2.05) is 0 Å². The predicted molar refractivity (Wildman–Crippen MR) is 65.1 cm³/mol. The second kappa shape index (κ2) is 3.26. The van der Waals surface area contributed by atoms with E-state index >= 15 is 0 Å². The second-order valence-electron chi connectivity index (χ2n) is 3.90. The summed E-state index contributed by atoms with van der Waals surface area (Å²) in [4.78, 5) is 30.2. The predicted octanol–water partition coefficient (Wildman–Crippen LogP) is 3.32. The number of hydrogen-bond acceptors (Lipinski definition) is 2. The lowest BCUT2D eigenvalue weighted by Gasteiger charge is -2.04. The Balaban J connectivity index is 2.65. The van der Waals surface area contributed by atoms with Gasteiger partial charge in [-0.05, 0) is 10.8 Å². The summed E-state index contributed by atoms with van der Waals surface area (Å²) in [7, 11) is 0. The molecular formula is C14H4N2O2. The van der Waals surface area contributed by atoms with Gasteiger partial charge in [0.2, 0.25) is 11.6 Å². The van der Waals surface area contributed by atoms with Crippen LogP contribution in [0, 0.1) is 13.1 Å². The maximum absolute atomic E-state index is 11.8. The quantitative estimate of drug-likeness (QED) is 0.516. The van der Waals surface area contributed by atoms with Crippen LogP contribution in [0.3, 0.4) is 0 Å². The molecule has 2 aromatic carbocycles. The van der Waals surface area contributed by atoms with Crippen molar-refractivity contribution in [2.45, 2.75) is 0 Å². The summed E-state index contributed by atoms with van der Waals surface area (Å²) in [5.74, 6) is -1.12. The number of benzene rings is 2. The van der Waals surface area contributed by atoms with Crippen LogP contribution >= 0.6 is 0 Å². The molecule has 0 aromatic heterocycles. The van der Waals surface area contributed by atoms with E-state index in [9.17, 15) is 9.59 Å². The maximum atomic E-state index is 11.8. The topological polar surface area (TPSA) is 42.9 Å². The van der Waals surface area contributed by atoms with E-state index in [1.54, 1.807) is 0 Å². The molecule has 4 nitrogen and oxygen atoms in total. The van der Waals surface area contributed by atoms with Crippen LogP contribution in [0.2, 0.25) is 0 Å². The van der Waals surface area contributed by atoms with Gasteiger partial charge in [0.25, 0.3) is 0 Å². The lowest BCUT2D eigenvalue weighted by atomic mass is 10.0. The van der Waals surface area contributed by atoms with E-state index < -0.39 is 11.6 Å². The third kappa shape index (κ3) is 1.02.